The van der Waals surface area contributed by atoms with Crippen molar-refractivity contribution in [3.8, 4) is 0 Å². The van der Waals surface area contributed by atoms with Gasteiger partial charge in [-0.15, -0.1) is 0 Å². The highest BCUT2D eigenvalue weighted by atomic mass is 35.5. The summed E-state index contributed by atoms with van der Waals surface area (Å²) in [6.45, 7) is 5.77. The summed E-state index contributed by atoms with van der Waals surface area (Å²) >= 11 is 6.17. The van der Waals surface area contributed by atoms with Gasteiger partial charge in [0.2, 0.25) is 0 Å². The van der Waals surface area contributed by atoms with Crippen LogP contribution in [0.4, 0.5) is 0 Å². The number of rotatable bonds is 8. The first-order valence-corrected chi connectivity index (χ1v) is 7.97. The molecule has 0 aliphatic rings. The predicted octanol–water partition coefficient (Wildman–Crippen LogP) is 2.99. The molecule has 0 aliphatic heterocycles. The Labute approximate surface area is 131 Å². The number of nitrogens with zero attached hydrogens (tertiary/aromatic N) is 3. The minimum atomic E-state index is 0.579. The van der Waals surface area contributed by atoms with Crippen LogP contribution < -0.4 is 5.32 Å². The summed E-state index contributed by atoms with van der Waals surface area (Å²) in [6, 6.07) is 0. The third-order valence-electron chi connectivity index (χ3n) is 3.49. The average molecular weight is 310 g/mol. The molecule has 2 aromatic heterocycles. The summed E-state index contributed by atoms with van der Waals surface area (Å²) < 4.78 is 1.86. The molecule has 5 nitrogen and oxygen atoms in total. The Kier molecular flexibility index (Phi) is 5.82. The van der Waals surface area contributed by atoms with Gasteiger partial charge in [0.1, 0.15) is 5.82 Å². The highest BCUT2D eigenvalue weighted by Gasteiger charge is 2.09. The van der Waals surface area contributed by atoms with Crippen molar-refractivity contribution in [2.24, 2.45) is 7.05 Å². The van der Waals surface area contributed by atoms with Gasteiger partial charge in [0.25, 0.3) is 0 Å². The topological polar surface area (TPSA) is 58.5 Å². The fourth-order valence-electron chi connectivity index (χ4n) is 2.37. The Morgan fingerprint density at radius 2 is 2.14 bits per heavy atom. The van der Waals surface area contributed by atoms with E-state index < -0.39 is 0 Å². The van der Waals surface area contributed by atoms with Crippen molar-refractivity contribution in [2.45, 2.75) is 52.6 Å². The number of halogens is 1. The number of aryl methyl sites for hydroxylation is 3. The molecule has 6 heteroatoms. The molecular weight excluding hydrogens is 286 g/mol. The maximum absolute atomic E-state index is 6.17. The largest absolute Gasteiger partial charge is 0.344 e. The second kappa shape index (κ2) is 7.61. The maximum Gasteiger partial charge on any atom is 0.151 e. The summed E-state index contributed by atoms with van der Waals surface area (Å²) in [4.78, 5) is 7.68. The van der Waals surface area contributed by atoms with Crippen LogP contribution in [0, 0.1) is 0 Å². The summed E-state index contributed by atoms with van der Waals surface area (Å²) in [6.07, 6.45) is 6.26. The van der Waals surface area contributed by atoms with Crippen LogP contribution in [0.5, 0.6) is 0 Å². The molecule has 116 valence electrons. The van der Waals surface area contributed by atoms with Crippen molar-refractivity contribution >= 4 is 11.6 Å². The van der Waals surface area contributed by atoms with Gasteiger partial charge < -0.3 is 10.3 Å². The van der Waals surface area contributed by atoms with Crippen LogP contribution in [0.1, 0.15) is 49.5 Å². The molecule has 0 aliphatic carbocycles. The van der Waals surface area contributed by atoms with Gasteiger partial charge >= 0.3 is 0 Å². The third-order valence-corrected chi connectivity index (χ3v) is 3.80. The van der Waals surface area contributed by atoms with Crippen molar-refractivity contribution in [2.75, 3.05) is 0 Å². The number of unbranched alkanes of at least 4 members (excludes halogenated alkanes) is 1. The first-order valence-electron chi connectivity index (χ1n) is 7.59. The number of imidazole rings is 1. The standard InChI is InChI=1S/C15H24ClN5/c1-4-6-7-14-18-13(15(16)19-14)9-17-8-11-10-21(3)20-12(11)5-2/h10,17H,4-9H2,1-3H3,(H,18,19). The fourth-order valence-corrected chi connectivity index (χ4v) is 2.59. The lowest BCUT2D eigenvalue weighted by atomic mass is 10.2. The third kappa shape index (κ3) is 4.32. The fraction of sp³-hybridized carbons (Fsp3) is 0.600. The molecule has 0 fully saturated rings. The average Bonchev–Trinajstić information content (AvgIpc) is 3.00. The Morgan fingerprint density at radius 3 is 2.86 bits per heavy atom. The van der Waals surface area contributed by atoms with Gasteiger partial charge in [-0.2, -0.15) is 5.10 Å². The lowest BCUT2D eigenvalue weighted by Crippen LogP contribution is -2.14. The van der Waals surface area contributed by atoms with Crippen LogP contribution in [0.3, 0.4) is 0 Å². The zero-order valence-corrected chi connectivity index (χ0v) is 13.8. The van der Waals surface area contributed by atoms with E-state index in [-0.39, 0.29) is 0 Å². The van der Waals surface area contributed by atoms with Gasteiger partial charge in [-0.1, -0.05) is 31.9 Å². The van der Waals surface area contributed by atoms with E-state index in [0.29, 0.717) is 11.7 Å². The van der Waals surface area contributed by atoms with Crippen molar-refractivity contribution < 1.29 is 0 Å². The first kappa shape index (κ1) is 16.0. The molecule has 0 unspecified atom stereocenters. The minimum absolute atomic E-state index is 0.579. The van der Waals surface area contributed by atoms with Gasteiger partial charge in [-0.05, 0) is 12.8 Å². The minimum Gasteiger partial charge on any atom is -0.344 e. The highest BCUT2D eigenvalue weighted by molar-refractivity contribution is 6.30. The van der Waals surface area contributed by atoms with Gasteiger partial charge in [0.15, 0.2) is 5.15 Å². The molecule has 2 rings (SSSR count). The van der Waals surface area contributed by atoms with E-state index in [1.165, 1.54) is 5.56 Å². The molecule has 0 saturated carbocycles. The molecule has 2 N–H and O–H groups in total. The molecule has 0 aromatic carbocycles. The number of nitrogens with one attached hydrogen (secondary N) is 2. The molecule has 21 heavy (non-hydrogen) atoms. The molecule has 2 aromatic rings. The molecule has 0 bridgehead atoms. The zero-order valence-electron chi connectivity index (χ0n) is 13.0. The monoisotopic (exact) mass is 309 g/mol. The zero-order chi connectivity index (χ0) is 15.2. The SMILES string of the molecule is CCCCc1nc(Cl)c(CNCc2cn(C)nc2CC)[nH]1. The second-order valence-corrected chi connectivity index (χ2v) is 5.65. The normalized spacial score (nSPS) is 11.2. The molecule has 2 heterocycles. The van der Waals surface area contributed by atoms with E-state index in [2.05, 4.69) is 40.4 Å². The summed E-state index contributed by atoms with van der Waals surface area (Å²) in [5.74, 6) is 0.981. The molecular formula is C15H24ClN5. The maximum atomic E-state index is 6.17. The predicted molar refractivity (Wildman–Crippen MR) is 85.3 cm³/mol. The summed E-state index contributed by atoms with van der Waals surface area (Å²) in [5.41, 5.74) is 3.34. The Bertz CT molecular complexity index is 573. The number of aromatic nitrogens is 4. The van der Waals surface area contributed by atoms with Crippen molar-refractivity contribution in [1.82, 2.24) is 25.1 Å². The number of aromatic amines is 1. The quantitative estimate of drug-likeness (QED) is 0.788. The second-order valence-electron chi connectivity index (χ2n) is 5.29. The Balaban J connectivity index is 1.89. The summed E-state index contributed by atoms with van der Waals surface area (Å²) in [5, 5.41) is 8.43. The van der Waals surface area contributed by atoms with Crippen LogP contribution in [0.25, 0.3) is 0 Å². The molecule has 0 saturated heterocycles. The van der Waals surface area contributed by atoms with E-state index in [0.717, 1.165) is 49.4 Å². The van der Waals surface area contributed by atoms with Crippen LogP contribution in [-0.4, -0.2) is 19.7 Å². The molecule has 0 radical (unpaired) electrons. The number of hydrogen-bond donors (Lipinski definition) is 2. The Hall–Kier alpha value is -1.33. The lowest BCUT2D eigenvalue weighted by Gasteiger charge is -2.03. The van der Waals surface area contributed by atoms with E-state index in [4.69, 9.17) is 11.6 Å². The van der Waals surface area contributed by atoms with Crippen molar-refractivity contribution in [1.29, 1.82) is 0 Å². The van der Waals surface area contributed by atoms with Crippen molar-refractivity contribution in [3.63, 3.8) is 0 Å². The van der Waals surface area contributed by atoms with Crippen LogP contribution >= 0.6 is 11.6 Å². The lowest BCUT2D eigenvalue weighted by molar-refractivity contribution is 0.674. The Morgan fingerprint density at radius 1 is 1.33 bits per heavy atom. The number of H-pyrrole nitrogens is 1. The highest BCUT2D eigenvalue weighted by Crippen LogP contribution is 2.14. The van der Waals surface area contributed by atoms with E-state index in [9.17, 15) is 0 Å². The molecule has 0 spiro atoms. The first-order chi connectivity index (χ1) is 10.1. The number of hydrogen-bond acceptors (Lipinski definition) is 3. The molecule has 0 atom stereocenters. The van der Waals surface area contributed by atoms with Gasteiger partial charge in [-0.3, -0.25) is 4.68 Å². The molecule has 0 amide bonds. The van der Waals surface area contributed by atoms with Gasteiger partial charge in [0, 0.05) is 38.3 Å². The van der Waals surface area contributed by atoms with E-state index >= 15 is 0 Å². The van der Waals surface area contributed by atoms with Crippen molar-refractivity contribution in [3.05, 3.63) is 34.1 Å². The van der Waals surface area contributed by atoms with Crippen LogP contribution in [-0.2, 0) is 33.0 Å². The van der Waals surface area contributed by atoms with Gasteiger partial charge in [0.05, 0.1) is 11.4 Å². The summed E-state index contributed by atoms with van der Waals surface area (Å²) in [7, 11) is 1.95. The van der Waals surface area contributed by atoms with E-state index in [1.54, 1.807) is 0 Å². The van der Waals surface area contributed by atoms with Gasteiger partial charge in [-0.25, -0.2) is 4.98 Å². The smallest absolute Gasteiger partial charge is 0.151 e. The van der Waals surface area contributed by atoms with Crippen LogP contribution in [0.15, 0.2) is 6.20 Å². The van der Waals surface area contributed by atoms with Crippen LogP contribution in [0.2, 0.25) is 5.15 Å². The van der Waals surface area contributed by atoms with E-state index in [1.807, 2.05) is 11.7 Å².